The summed E-state index contributed by atoms with van der Waals surface area (Å²) in [6.45, 7) is 1.34. The second-order valence-electron chi connectivity index (χ2n) is 5.33. The Hall–Kier alpha value is -1.11. The smallest absolute Gasteiger partial charge is 0.260 e. The van der Waals surface area contributed by atoms with Crippen LogP contribution in [0.25, 0.3) is 0 Å². The van der Waals surface area contributed by atoms with Crippen LogP contribution < -0.4 is 4.74 Å². The Labute approximate surface area is 133 Å². The monoisotopic (exact) mass is 357 g/mol. The summed E-state index contributed by atoms with van der Waals surface area (Å²) in [5.74, 6) is 0.488. The third-order valence-corrected chi connectivity index (χ3v) is 4.09. The van der Waals surface area contributed by atoms with Crippen LogP contribution in [-0.4, -0.2) is 54.9 Å². The topological polar surface area (TPSA) is 59.0 Å². The number of rotatable bonds is 5. The van der Waals surface area contributed by atoms with E-state index in [1.807, 2.05) is 12.1 Å². The van der Waals surface area contributed by atoms with E-state index in [0.29, 0.717) is 38.3 Å². The Balaban J connectivity index is 1.80. The van der Waals surface area contributed by atoms with Crippen LogP contribution in [0.3, 0.4) is 0 Å². The zero-order valence-corrected chi connectivity index (χ0v) is 13.6. The van der Waals surface area contributed by atoms with Gasteiger partial charge in [0.1, 0.15) is 5.75 Å². The van der Waals surface area contributed by atoms with Gasteiger partial charge >= 0.3 is 0 Å². The molecule has 0 bridgehead atoms. The lowest BCUT2D eigenvalue weighted by Crippen LogP contribution is -2.48. The zero-order valence-electron chi connectivity index (χ0n) is 12.0. The summed E-state index contributed by atoms with van der Waals surface area (Å²) >= 11 is 3.34. The van der Waals surface area contributed by atoms with Gasteiger partial charge in [-0.1, -0.05) is 15.9 Å². The third-order valence-electron chi connectivity index (χ3n) is 3.56. The number of benzene rings is 1. The Bertz CT molecular complexity index is 471. The number of hydrogen-bond acceptors (Lipinski definition) is 4. The lowest BCUT2D eigenvalue weighted by atomic mass is 9.94. The van der Waals surface area contributed by atoms with Gasteiger partial charge in [-0.05, 0) is 24.3 Å². The molecule has 0 aliphatic carbocycles. The number of halogens is 1. The van der Waals surface area contributed by atoms with Crippen LogP contribution in [-0.2, 0) is 9.53 Å². The average molecular weight is 358 g/mol. The molecular weight excluding hydrogens is 338 g/mol. The second-order valence-corrected chi connectivity index (χ2v) is 6.24. The van der Waals surface area contributed by atoms with E-state index in [9.17, 15) is 9.90 Å². The molecule has 1 saturated heterocycles. The summed E-state index contributed by atoms with van der Waals surface area (Å²) in [6.07, 6.45) is 1.11. The molecule has 21 heavy (non-hydrogen) atoms. The van der Waals surface area contributed by atoms with E-state index >= 15 is 0 Å². The predicted octanol–water partition coefficient (Wildman–Crippen LogP) is 1.83. The Kier molecular flexibility index (Phi) is 5.61. The molecule has 0 spiro atoms. The maximum Gasteiger partial charge on any atom is 0.260 e. The molecule has 0 radical (unpaired) electrons. The van der Waals surface area contributed by atoms with E-state index in [-0.39, 0.29) is 12.5 Å². The predicted molar refractivity (Wildman–Crippen MR) is 82.3 cm³/mol. The first-order chi connectivity index (χ1) is 9.98. The number of hydrogen-bond donors (Lipinski definition) is 1. The second kappa shape index (κ2) is 7.24. The molecule has 1 amide bonds. The standard InChI is InChI=1S/C15H20BrNO4/c1-17(11-15(19)6-8-20-9-7-15)14(18)10-21-13-4-2-12(16)3-5-13/h2-5,19H,6-11H2,1H3. The van der Waals surface area contributed by atoms with Crippen LogP contribution in [0.1, 0.15) is 12.8 Å². The van der Waals surface area contributed by atoms with Crippen LogP contribution >= 0.6 is 15.9 Å². The molecule has 1 heterocycles. The van der Waals surface area contributed by atoms with Crippen molar-refractivity contribution in [2.24, 2.45) is 0 Å². The minimum atomic E-state index is -0.847. The highest BCUT2D eigenvalue weighted by molar-refractivity contribution is 9.10. The van der Waals surface area contributed by atoms with Crippen LogP contribution in [0.2, 0.25) is 0 Å². The number of ether oxygens (including phenoxy) is 2. The van der Waals surface area contributed by atoms with Gasteiger partial charge < -0.3 is 19.5 Å². The van der Waals surface area contributed by atoms with Gasteiger partial charge in [0.2, 0.25) is 0 Å². The Morgan fingerprint density at radius 3 is 2.62 bits per heavy atom. The maximum absolute atomic E-state index is 12.0. The molecule has 116 valence electrons. The van der Waals surface area contributed by atoms with Gasteiger partial charge in [-0.25, -0.2) is 0 Å². The third kappa shape index (κ3) is 4.98. The van der Waals surface area contributed by atoms with Gasteiger partial charge in [0.25, 0.3) is 5.91 Å². The van der Waals surface area contributed by atoms with E-state index in [2.05, 4.69) is 15.9 Å². The average Bonchev–Trinajstić information content (AvgIpc) is 2.46. The highest BCUT2D eigenvalue weighted by atomic mass is 79.9. The van der Waals surface area contributed by atoms with Crippen molar-refractivity contribution < 1.29 is 19.4 Å². The normalized spacial score (nSPS) is 17.3. The van der Waals surface area contributed by atoms with Gasteiger partial charge in [0.05, 0.1) is 5.60 Å². The molecule has 6 heteroatoms. The fourth-order valence-corrected chi connectivity index (χ4v) is 2.49. The molecule has 1 aliphatic rings. The zero-order chi connectivity index (χ0) is 15.3. The highest BCUT2D eigenvalue weighted by Gasteiger charge is 2.32. The van der Waals surface area contributed by atoms with Gasteiger partial charge in [-0.15, -0.1) is 0 Å². The SMILES string of the molecule is CN(CC1(O)CCOCC1)C(=O)COc1ccc(Br)cc1. The van der Waals surface area contributed by atoms with Crippen molar-refractivity contribution >= 4 is 21.8 Å². The van der Waals surface area contributed by atoms with Gasteiger partial charge in [0.15, 0.2) is 6.61 Å². The van der Waals surface area contributed by atoms with Crippen LogP contribution in [0.15, 0.2) is 28.7 Å². The first kappa shape index (κ1) is 16.3. The van der Waals surface area contributed by atoms with Crippen molar-refractivity contribution in [1.82, 2.24) is 4.90 Å². The van der Waals surface area contributed by atoms with Crippen LogP contribution in [0, 0.1) is 0 Å². The van der Waals surface area contributed by atoms with Crippen molar-refractivity contribution in [3.63, 3.8) is 0 Å². The van der Waals surface area contributed by atoms with Crippen molar-refractivity contribution in [1.29, 1.82) is 0 Å². The van der Waals surface area contributed by atoms with Gasteiger partial charge in [-0.2, -0.15) is 0 Å². The number of amides is 1. The fourth-order valence-electron chi connectivity index (χ4n) is 2.23. The molecule has 1 N–H and O–H groups in total. The fraction of sp³-hybridized carbons (Fsp3) is 0.533. The van der Waals surface area contributed by atoms with Crippen molar-refractivity contribution in [2.45, 2.75) is 18.4 Å². The molecule has 2 rings (SSSR count). The van der Waals surface area contributed by atoms with E-state index in [1.54, 1.807) is 19.2 Å². The van der Waals surface area contributed by atoms with Crippen LogP contribution in [0.5, 0.6) is 5.75 Å². The maximum atomic E-state index is 12.0. The summed E-state index contributed by atoms with van der Waals surface area (Å²) in [7, 11) is 1.68. The summed E-state index contributed by atoms with van der Waals surface area (Å²) in [6, 6.07) is 7.30. The lowest BCUT2D eigenvalue weighted by molar-refractivity contribution is -0.138. The molecular formula is C15H20BrNO4. The molecule has 0 unspecified atom stereocenters. The van der Waals surface area contributed by atoms with E-state index in [4.69, 9.17) is 9.47 Å². The number of aliphatic hydroxyl groups is 1. The van der Waals surface area contributed by atoms with Gasteiger partial charge in [-0.3, -0.25) is 4.79 Å². The molecule has 1 aromatic rings. The van der Waals surface area contributed by atoms with Crippen molar-refractivity contribution in [3.8, 4) is 5.75 Å². The molecule has 0 saturated carbocycles. The molecule has 0 atom stereocenters. The Morgan fingerprint density at radius 2 is 2.00 bits per heavy atom. The van der Waals surface area contributed by atoms with Crippen molar-refractivity contribution in [3.05, 3.63) is 28.7 Å². The quantitative estimate of drug-likeness (QED) is 0.873. The van der Waals surface area contributed by atoms with E-state index in [1.165, 1.54) is 4.90 Å². The molecule has 5 nitrogen and oxygen atoms in total. The molecule has 1 aliphatic heterocycles. The minimum absolute atomic E-state index is 0.0370. The largest absolute Gasteiger partial charge is 0.484 e. The molecule has 0 aromatic heterocycles. The Morgan fingerprint density at radius 1 is 1.38 bits per heavy atom. The number of nitrogens with zero attached hydrogens (tertiary/aromatic N) is 1. The highest BCUT2D eigenvalue weighted by Crippen LogP contribution is 2.21. The first-order valence-corrected chi connectivity index (χ1v) is 7.70. The number of carbonyl (C=O) groups excluding carboxylic acids is 1. The summed E-state index contributed by atoms with van der Waals surface area (Å²) < 4.78 is 11.6. The van der Waals surface area contributed by atoms with Crippen LogP contribution in [0.4, 0.5) is 0 Å². The van der Waals surface area contributed by atoms with E-state index < -0.39 is 5.60 Å². The molecule has 1 aromatic carbocycles. The lowest BCUT2D eigenvalue weighted by Gasteiger charge is -2.35. The van der Waals surface area contributed by atoms with Gasteiger partial charge in [0, 0.05) is 44.1 Å². The minimum Gasteiger partial charge on any atom is -0.484 e. The summed E-state index contributed by atoms with van der Waals surface area (Å²) in [5, 5.41) is 10.4. The summed E-state index contributed by atoms with van der Waals surface area (Å²) in [5.41, 5.74) is -0.847. The van der Waals surface area contributed by atoms with E-state index in [0.717, 1.165) is 4.47 Å². The number of carbonyl (C=O) groups is 1. The summed E-state index contributed by atoms with van der Waals surface area (Å²) in [4.78, 5) is 13.6. The molecule has 1 fully saturated rings. The van der Waals surface area contributed by atoms with Crippen molar-refractivity contribution in [2.75, 3.05) is 33.4 Å². The first-order valence-electron chi connectivity index (χ1n) is 6.91. The number of likely N-dealkylation sites (N-methyl/N-ethyl adjacent to an activating group) is 1.